The summed E-state index contributed by atoms with van der Waals surface area (Å²) in [5, 5.41) is 7.13. The molecule has 2 N–H and O–H groups in total. The molecular formula is C10H16N2O3S. The van der Waals surface area contributed by atoms with Gasteiger partial charge in [0.1, 0.15) is 0 Å². The average molecular weight is 244 g/mol. The lowest BCUT2D eigenvalue weighted by Crippen LogP contribution is -2.42. The second kappa shape index (κ2) is 4.18. The fourth-order valence-corrected chi connectivity index (χ4v) is 3.41. The molecule has 2 rings (SSSR count). The highest BCUT2D eigenvalue weighted by Crippen LogP contribution is 2.16. The lowest BCUT2D eigenvalue weighted by molar-refractivity contribution is -0.125. The topological polar surface area (TPSA) is 75.3 Å². The van der Waals surface area contributed by atoms with E-state index in [9.17, 15) is 13.2 Å². The van der Waals surface area contributed by atoms with Crippen molar-refractivity contribution in [1.82, 2.24) is 10.6 Å². The van der Waals surface area contributed by atoms with Gasteiger partial charge in [0.2, 0.25) is 5.91 Å². The normalized spacial score (nSPS) is 36.4. The van der Waals surface area contributed by atoms with Crippen molar-refractivity contribution in [2.45, 2.75) is 25.4 Å². The molecule has 0 bridgehead atoms. The molecule has 0 saturated carbocycles. The average Bonchev–Trinajstić information content (AvgIpc) is 2.72. The molecule has 0 radical (unpaired) electrons. The summed E-state index contributed by atoms with van der Waals surface area (Å²) < 4.78 is 22.3. The largest absolute Gasteiger partial charge is 0.349 e. The predicted octanol–water partition coefficient (Wildman–Crippen LogP) is -0.589. The summed E-state index contributed by atoms with van der Waals surface area (Å²) in [5.74, 6) is -0.103. The van der Waals surface area contributed by atoms with E-state index in [4.69, 9.17) is 0 Å². The minimum absolute atomic E-state index is 0.00668. The maximum atomic E-state index is 11.8. The van der Waals surface area contributed by atoms with Crippen molar-refractivity contribution >= 4 is 15.7 Å². The van der Waals surface area contributed by atoms with E-state index in [1.807, 2.05) is 6.92 Å². The van der Waals surface area contributed by atoms with Crippen LogP contribution in [0.25, 0.3) is 0 Å². The fourth-order valence-electron chi connectivity index (χ4n) is 2.17. The molecule has 1 amide bonds. The first-order valence-corrected chi connectivity index (χ1v) is 7.14. The highest BCUT2D eigenvalue weighted by atomic mass is 32.2. The molecule has 0 spiro atoms. The number of hydrogen-bond acceptors (Lipinski definition) is 4. The highest BCUT2D eigenvalue weighted by molar-refractivity contribution is 7.94. The number of carbonyl (C=O) groups is 1. The third-order valence-electron chi connectivity index (χ3n) is 3.12. The molecular weight excluding hydrogens is 228 g/mol. The second-order valence-electron chi connectivity index (χ2n) is 4.41. The number of hydrogen-bond donors (Lipinski definition) is 2. The Hall–Kier alpha value is -0.880. The summed E-state index contributed by atoms with van der Waals surface area (Å²) >= 11 is 0. The predicted molar refractivity (Wildman–Crippen MR) is 60.4 cm³/mol. The van der Waals surface area contributed by atoms with E-state index in [0.29, 0.717) is 0 Å². The molecule has 2 aliphatic rings. The molecule has 90 valence electrons. The van der Waals surface area contributed by atoms with Crippen molar-refractivity contribution in [3.63, 3.8) is 0 Å². The van der Waals surface area contributed by atoms with E-state index in [1.165, 1.54) is 5.41 Å². The standard InChI is InChI=1S/C10H16N2O3S/c1-7-9(2-4-11-7)10(13)12-8-3-5-16(14,15)6-8/h3,5,7-9,11H,2,4,6H2,1H3,(H,12,13). The van der Waals surface area contributed by atoms with Crippen molar-refractivity contribution in [3.8, 4) is 0 Å². The van der Waals surface area contributed by atoms with Gasteiger partial charge in [-0.05, 0) is 26.0 Å². The van der Waals surface area contributed by atoms with Crippen LogP contribution < -0.4 is 10.6 Å². The van der Waals surface area contributed by atoms with Crippen LogP contribution in [0.4, 0.5) is 0 Å². The van der Waals surface area contributed by atoms with Gasteiger partial charge >= 0.3 is 0 Å². The number of sulfone groups is 1. The van der Waals surface area contributed by atoms with Crippen LogP contribution in [0.2, 0.25) is 0 Å². The first kappa shape index (κ1) is 11.6. The van der Waals surface area contributed by atoms with E-state index in [1.54, 1.807) is 6.08 Å². The van der Waals surface area contributed by atoms with Gasteiger partial charge in [0, 0.05) is 11.4 Å². The summed E-state index contributed by atoms with van der Waals surface area (Å²) in [6, 6.07) is -0.188. The van der Waals surface area contributed by atoms with E-state index in [-0.39, 0.29) is 29.7 Å². The lowest BCUT2D eigenvalue weighted by atomic mass is 10.0. The number of nitrogens with one attached hydrogen (secondary N) is 2. The molecule has 5 nitrogen and oxygen atoms in total. The Morgan fingerprint density at radius 3 is 2.75 bits per heavy atom. The summed E-state index contributed by atoms with van der Waals surface area (Å²) in [6.07, 6.45) is 2.36. The van der Waals surface area contributed by atoms with Gasteiger partial charge in [-0.3, -0.25) is 4.79 Å². The first-order chi connectivity index (χ1) is 7.48. The van der Waals surface area contributed by atoms with E-state index < -0.39 is 9.84 Å². The van der Waals surface area contributed by atoms with Crippen LogP contribution in [0.5, 0.6) is 0 Å². The molecule has 3 atom stereocenters. The molecule has 2 aliphatic heterocycles. The number of rotatable bonds is 2. The van der Waals surface area contributed by atoms with E-state index in [0.717, 1.165) is 13.0 Å². The lowest BCUT2D eigenvalue weighted by Gasteiger charge is -2.17. The number of carbonyl (C=O) groups excluding carboxylic acids is 1. The minimum atomic E-state index is -3.09. The quantitative estimate of drug-likeness (QED) is 0.681. The molecule has 6 heteroatoms. The monoisotopic (exact) mass is 244 g/mol. The van der Waals surface area contributed by atoms with Gasteiger partial charge in [0.25, 0.3) is 0 Å². The molecule has 1 saturated heterocycles. The molecule has 0 aromatic carbocycles. The maximum Gasteiger partial charge on any atom is 0.225 e. The summed E-state index contributed by atoms with van der Waals surface area (Å²) in [5.41, 5.74) is 0. The second-order valence-corrected chi connectivity index (χ2v) is 6.34. The minimum Gasteiger partial charge on any atom is -0.349 e. The van der Waals surface area contributed by atoms with Gasteiger partial charge in [-0.15, -0.1) is 0 Å². The van der Waals surface area contributed by atoms with Crippen LogP contribution in [-0.4, -0.2) is 38.7 Å². The maximum absolute atomic E-state index is 11.8. The van der Waals surface area contributed by atoms with Crippen LogP contribution in [0, 0.1) is 5.92 Å². The van der Waals surface area contributed by atoms with Crippen LogP contribution in [-0.2, 0) is 14.6 Å². The summed E-state index contributed by atoms with van der Waals surface area (Å²) in [6.45, 7) is 2.82. The van der Waals surface area contributed by atoms with Crippen molar-refractivity contribution < 1.29 is 13.2 Å². The zero-order chi connectivity index (χ0) is 11.8. The molecule has 0 aliphatic carbocycles. The van der Waals surface area contributed by atoms with Gasteiger partial charge in [0.05, 0.1) is 17.7 Å². The molecule has 0 aromatic rings. The fraction of sp³-hybridized carbons (Fsp3) is 0.700. The Kier molecular flexibility index (Phi) is 3.03. The van der Waals surface area contributed by atoms with E-state index in [2.05, 4.69) is 10.6 Å². The smallest absolute Gasteiger partial charge is 0.225 e. The Morgan fingerprint density at radius 2 is 2.25 bits per heavy atom. The molecule has 3 unspecified atom stereocenters. The summed E-state index contributed by atoms with van der Waals surface area (Å²) in [7, 11) is -3.09. The Bertz CT molecular complexity index is 416. The van der Waals surface area contributed by atoms with Crippen LogP contribution in [0.1, 0.15) is 13.3 Å². The number of amides is 1. The van der Waals surface area contributed by atoms with Crippen LogP contribution in [0.3, 0.4) is 0 Å². The van der Waals surface area contributed by atoms with Gasteiger partial charge in [-0.2, -0.15) is 0 Å². The van der Waals surface area contributed by atoms with Crippen molar-refractivity contribution in [2.75, 3.05) is 12.3 Å². The first-order valence-electron chi connectivity index (χ1n) is 5.43. The van der Waals surface area contributed by atoms with E-state index >= 15 is 0 Å². The summed E-state index contributed by atoms with van der Waals surface area (Å²) in [4.78, 5) is 11.8. The molecule has 0 aromatic heterocycles. The van der Waals surface area contributed by atoms with Gasteiger partial charge in [-0.25, -0.2) is 8.42 Å². The molecule has 16 heavy (non-hydrogen) atoms. The van der Waals surface area contributed by atoms with Crippen LogP contribution >= 0.6 is 0 Å². The Labute approximate surface area is 95.2 Å². The Balaban J connectivity index is 1.91. The van der Waals surface area contributed by atoms with Crippen LogP contribution in [0.15, 0.2) is 11.5 Å². The van der Waals surface area contributed by atoms with Crippen molar-refractivity contribution in [2.24, 2.45) is 5.92 Å². The zero-order valence-electron chi connectivity index (χ0n) is 9.14. The Morgan fingerprint density at radius 1 is 1.50 bits per heavy atom. The SMILES string of the molecule is CC1NCCC1C(=O)NC1C=CS(=O)(=O)C1. The highest BCUT2D eigenvalue weighted by Gasteiger charge is 2.31. The van der Waals surface area contributed by atoms with Gasteiger partial charge < -0.3 is 10.6 Å². The van der Waals surface area contributed by atoms with Crippen molar-refractivity contribution in [1.29, 1.82) is 0 Å². The molecule has 2 heterocycles. The zero-order valence-corrected chi connectivity index (χ0v) is 9.96. The van der Waals surface area contributed by atoms with Crippen molar-refractivity contribution in [3.05, 3.63) is 11.5 Å². The molecule has 1 fully saturated rings. The third-order valence-corrected chi connectivity index (χ3v) is 4.52. The third kappa shape index (κ3) is 2.44. The van der Waals surface area contributed by atoms with Gasteiger partial charge in [0.15, 0.2) is 9.84 Å². The van der Waals surface area contributed by atoms with Gasteiger partial charge in [-0.1, -0.05) is 0 Å².